The van der Waals surface area contributed by atoms with Gasteiger partial charge < -0.3 is 11.1 Å². The molecular weight excluding hydrogens is 212 g/mol. The summed E-state index contributed by atoms with van der Waals surface area (Å²) in [6.07, 6.45) is 1.20. The van der Waals surface area contributed by atoms with E-state index in [0.717, 1.165) is 12.1 Å². The van der Waals surface area contributed by atoms with Gasteiger partial charge in [0.05, 0.1) is 0 Å². The van der Waals surface area contributed by atoms with Gasteiger partial charge in [-0.2, -0.15) is 0 Å². The number of anilines is 1. The Balaban J connectivity index is 1.98. The predicted octanol–water partition coefficient (Wildman–Crippen LogP) is 2.35. The normalized spacial score (nSPS) is 21.0. The minimum atomic E-state index is -0.0162. The van der Waals surface area contributed by atoms with Crippen LogP contribution in [0, 0.1) is 18.3 Å². The van der Waals surface area contributed by atoms with Gasteiger partial charge in [-0.25, -0.2) is 0 Å². The molecule has 2 rings (SSSR count). The third-order valence-corrected chi connectivity index (χ3v) is 3.85. The van der Waals surface area contributed by atoms with Crippen molar-refractivity contribution in [3.05, 3.63) is 29.3 Å². The Morgan fingerprint density at radius 1 is 1.53 bits per heavy atom. The van der Waals surface area contributed by atoms with Crippen LogP contribution in [-0.4, -0.2) is 12.5 Å². The van der Waals surface area contributed by atoms with E-state index in [9.17, 15) is 4.79 Å². The van der Waals surface area contributed by atoms with Crippen LogP contribution in [0.2, 0.25) is 0 Å². The van der Waals surface area contributed by atoms with Crippen molar-refractivity contribution in [3.63, 3.8) is 0 Å². The van der Waals surface area contributed by atoms with Crippen LogP contribution in [0.1, 0.15) is 36.2 Å². The number of carbonyl (C=O) groups excluding carboxylic acids is 1. The minimum Gasteiger partial charge on any atom is -0.398 e. The van der Waals surface area contributed by atoms with Crippen LogP contribution in [0.3, 0.4) is 0 Å². The second kappa shape index (κ2) is 4.06. The first-order chi connectivity index (χ1) is 7.92. The monoisotopic (exact) mass is 232 g/mol. The summed E-state index contributed by atoms with van der Waals surface area (Å²) >= 11 is 0. The van der Waals surface area contributed by atoms with Crippen LogP contribution in [0.4, 0.5) is 5.69 Å². The standard InChI is InChI=1S/C14H20N2O/c1-9-11(5-4-6-12(9)15)13(17)16-8-10-7-14(10,2)3/h4-6,10H,7-8,15H2,1-3H3,(H,16,17). The summed E-state index contributed by atoms with van der Waals surface area (Å²) in [6.45, 7) is 7.11. The summed E-state index contributed by atoms with van der Waals surface area (Å²) in [5.74, 6) is 0.602. The second-order valence-electron chi connectivity index (χ2n) is 5.62. The summed E-state index contributed by atoms with van der Waals surface area (Å²) in [5, 5.41) is 2.99. The van der Waals surface area contributed by atoms with Crippen LogP contribution in [0.15, 0.2) is 18.2 Å². The number of nitrogens with two attached hydrogens (primary N) is 1. The molecule has 1 aromatic carbocycles. The lowest BCUT2D eigenvalue weighted by molar-refractivity contribution is 0.0950. The molecule has 3 nitrogen and oxygen atoms in total. The zero-order valence-electron chi connectivity index (χ0n) is 10.7. The lowest BCUT2D eigenvalue weighted by atomic mass is 10.1. The predicted molar refractivity (Wildman–Crippen MR) is 69.8 cm³/mol. The summed E-state index contributed by atoms with van der Waals surface area (Å²) < 4.78 is 0. The van der Waals surface area contributed by atoms with Gasteiger partial charge in [-0.1, -0.05) is 19.9 Å². The second-order valence-corrected chi connectivity index (χ2v) is 5.62. The molecule has 0 aliphatic heterocycles. The minimum absolute atomic E-state index is 0.0162. The highest BCUT2D eigenvalue weighted by molar-refractivity contribution is 5.96. The van der Waals surface area contributed by atoms with Gasteiger partial charge in [0.15, 0.2) is 0 Å². The van der Waals surface area contributed by atoms with E-state index < -0.39 is 0 Å². The molecule has 3 heteroatoms. The van der Waals surface area contributed by atoms with Crippen molar-refractivity contribution >= 4 is 11.6 Å². The summed E-state index contributed by atoms with van der Waals surface area (Å²) in [7, 11) is 0. The van der Waals surface area contributed by atoms with E-state index in [-0.39, 0.29) is 5.91 Å². The van der Waals surface area contributed by atoms with E-state index in [0.29, 0.717) is 22.6 Å². The zero-order chi connectivity index (χ0) is 12.6. The topological polar surface area (TPSA) is 55.1 Å². The lowest BCUT2D eigenvalue weighted by Crippen LogP contribution is -2.27. The fraction of sp³-hybridized carbons (Fsp3) is 0.500. The summed E-state index contributed by atoms with van der Waals surface area (Å²) in [4.78, 5) is 12.0. The van der Waals surface area contributed by atoms with E-state index in [1.54, 1.807) is 0 Å². The number of rotatable bonds is 3. The van der Waals surface area contributed by atoms with E-state index in [1.807, 2.05) is 25.1 Å². The first-order valence-corrected chi connectivity index (χ1v) is 6.05. The Labute approximate surface area is 102 Å². The van der Waals surface area contributed by atoms with Gasteiger partial charge in [0.1, 0.15) is 0 Å². The van der Waals surface area contributed by atoms with E-state index in [4.69, 9.17) is 5.73 Å². The number of nitrogen functional groups attached to an aromatic ring is 1. The van der Waals surface area contributed by atoms with Crippen molar-refractivity contribution < 1.29 is 4.79 Å². The van der Waals surface area contributed by atoms with Gasteiger partial charge in [-0.15, -0.1) is 0 Å². The van der Waals surface area contributed by atoms with Crippen LogP contribution < -0.4 is 11.1 Å². The molecule has 1 aliphatic carbocycles. The molecule has 1 aliphatic rings. The van der Waals surface area contributed by atoms with Gasteiger partial charge in [-0.3, -0.25) is 4.79 Å². The van der Waals surface area contributed by atoms with Crippen molar-refractivity contribution in [1.82, 2.24) is 5.32 Å². The lowest BCUT2D eigenvalue weighted by Gasteiger charge is -2.10. The molecule has 0 spiro atoms. The van der Waals surface area contributed by atoms with Crippen LogP contribution in [0.5, 0.6) is 0 Å². The van der Waals surface area contributed by atoms with Crippen molar-refractivity contribution in [2.45, 2.75) is 27.2 Å². The number of nitrogens with one attached hydrogen (secondary N) is 1. The highest BCUT2D eigenvalue weighted by Crippen LogP contribution is 2.50. The fourth-order valence-corrected chi connectivity index (χ4v) is 2.14. The van der Waals surface area contributed by atoms with Gasteiger partial charge in [-0.05, 0) is 42.4 Å². The third kappa shape index (κ3) is 2.43. The van der Waals surface area contributed by atoms with Crippen molar-refractivity contribution in [2.75, 3.05) is 12.3 Å². The molecule has 1 amide bonds. The molecule has 17 heavy (non-hydrogen) atoms. The van der Waals surface area contributed by atoms with Gasteiger partial charge in [0.2, 0.25) is 0 Å². The Morgan fingerprint density at radius 2 is 2.18 bits per heavy atom. The molecule has 3 N–H and O–H groups in total. The molecule has 0 radical (unpaired) electrons. The van der Waals surface area contributed by atoms with Gasteiger partial charge in [0, 0.05) is 17.8 Å². The quantitative estimate of drug-likeness (QED) is 0.786. The zero-order valence-corrected chi connectivity index (χ0v) is 10.7. The average Bonchev–Trinajstić information content (AvgIpc) is 2.87. The molecule has 0 heterocycles. The Morgan fingerprint density at radius 3 is 2.76 bits per heavy atom. The highest BCUT2D eigenvalue weighted by atomic mass is 16.1. The number of amides is 1. The fourth-order valence-electron chi connectivity index (χ4n) is 2.14. The van der Waals surface area contributed by atoms with Gasteiger partial charge >= 0.3 is 0 Å². The number of hydrogen-bond donors (Lipinski definition) is 2. The van der Waals surface area contributed by atoms with Crippen molar-refractivity contribution in [2.24, 2.45) is 11.3 Å². The average molecular weight is 232 g/mol. The molecule has 1 unspecified atom stereocenters. The molecule has 1 saturated carbocycles. The van der Waals surface area contributed by atoms with E-state index >= 15 is 0 Å². The maximum atomic E-state index is 12.0. The molecular formula is C14H20N2O. The Hall–Kier alpha value is -1.51. The summed E-state index contributed by atoms with van der Waals surface area (Å²) in [6, 6.07) is 5.45. The van der Waals surface area contributed by atoms with Crippen molar-refractivity contribution in [3.8, 4) is 0 Å². The first-order valence-electron chi connectivity index (χ1n) is 6.05. The first kappa shape index (κ1) is 12.0. The molecule has 0 saturated heterocycles. The smallest absolute Gasteiger partial charge is 0.251 e. The van der Waals surface area contributed by atoms with E-state index in [1.165, 1.54) is 6.42 Å². The van der Waals surface area contributed by atoms with Crippen LogP contribution in [-0.2, 0) is 0 Å². The Kier molecular flexibility index (Phi) is 2.86. The SMILES string of the molecule is Cc1c(N)cccc1C(=O)NCC1CC1(C)C. The van der Waals surface area contributed by atoms with E-state index in [2.05, 4.69) is 19.2 Å². The van der Waals surface area contributed by atoms with Gasteiger partial charge in [0.25, 0.3) is 5.91 Å². The van der Waals surface area contributed by atoms with Crippen LogP contribution in [0.25, 0.3) is 0 Å². The van der Waals surface area contributed by atoms with Crippen molar-refractivity contribution in [1.29, 1.82) is 0 Å². The number of hydrogen-bond acceptors (Lipinski definition) is 2. The maximum Gasteiger partial charge on any atom is 0.251 e. The molecule has 1 aromatic rings. The number of carbonyl (C=O) groups is 1. The molecule has 0 bridgehead atoms. The highest BCUT2D eigenvalue weighted by Gasteiger charge is 2.45. The molecule has 92 valence electrons. The largest absolute Gasteiger partial charge is 0.398 e. The maximum absolute atomic E-state index is 12.0. The molecule has 1 atom stereocenters. The Bertz CT molecular complexity index is 452. The van der Waals surface area contributed by atoms with Crippen LogP contribution >= 0.6 is 0 Å². The molecule has 1 fully saturated rings. The summed E-state index contributed by atoms with van der Waals surface area (Å²) in [5.41, 5.74) is 8.41. The molecule has 0 aromatic heterocycles. The third-order valence-electron chi connectivity index (χ3n) is 3.85. The number of benzene rings is 1.